The highest BCUT2D eigenvalue weighted by atomic mass is 19.4. The van der Waals surface area contributed by atoms with Gasteiger partial charge in [-0.3, -0.25) is 0 Å². The van der Waals surface area contributed by atoms with E-state index in [1.165, 1.54) is 0 Å². The predicted molar refractivity (Wildman–Crippen MR) is 129 cm³/mol. The van der Waals surface area contributed by atoms with E-state index < -0.39 is 11.7 Å². The largest absolute Gasteiger partial charge is 0.416 e. The summed E-state index contributed by atoms with van der Waals surface area (Å²) in [5, 5.41) is 9.83. The van der Waals surface area contributed by atoms with Crippen LogP contribution < -0.4 is 20.9 Å². The maximum atomic E-state index is 12.9. The maximum absolute atomic E-state index is 12.9. The number of amides is 2. The van der Waals surface area contributed by atoms with Crippen LogP contribution in [0.5, 0.6) is 0 Å². The summed E-state index contributed by atoms with van der Waals surface area (Å²) in [6.45, 7) is 3.57. The Hall–Kier alpha value is -2.74. The molecule has 2 fully saturated rings. The molecule has 3 unspecified atom stereocenters. The van der Waals surface area contributed by atoms with Crippen molar-refractivity contribution in [1.29, 1.82) is 0 Å². The van der Waals surface area contributed by atoms with Gasteiger partial charge in [0.25, 0.3) is 0 Å². The van der Waals surface area contributed by atoms with Crippen LogP contribution in [-0.4, -0.2) is 37.2 Å². The molecular formula is C26H33F3N4O. The molecule has 184 valence electrons. The van der Waals surface area contributed by atoms with Crippen LogP contribution in [0.2, 0.25) is 0 Å². The average molecular weight is 475 g/mol. The van der Waals surface area contributed by atoms with E-state index in [4.69, 9.17) is 0 Å². The number of nitrogens with one attached hydrogen (secondary N) is 3. The topological polar surface area (TPSA) is 56.4 Å². The molecule has 0 radical (unpaired) electrons. The molecule has 2 aliphatic rings. The molecule has 1 saturated heterocycles. The summed E-state index contributed by atoms with van der Waals surface area (Å²) in [5.74, 6) is 0. The van der Waals surface area contributed by atoms with Crippen molar-refractivity contribution in [2.75, 3.05) is 23.3 Å². The number of nitrogens with zero attached hydrogens (tertiary/aromatic N) is 1. The number of piperidine rings is 1. The van der Waals surface area contributed by atoms with Crippen molar-refractivity contribution in [2.24, 2.45) is 0 Å². The number of aryl methyl sites for hydroxylation is 1. The summed E-state index contributed by atoms with van der Waals surface area (Å²) in [7, 11) is 0. The number of anilines is 2. The van der Waals surface area contributed by atoms with Crippen molar-refractivity contribution in [3.05, 3.63) is 59.7 Å². The van der Waals surface area contributed by atoms with E-state index in [9.17, 15) is 18.0 Å². The number of carbonyl (C=O) groups excluding carboxylic acids is 1. The third kappa shape index (κ3) is 6.44. The van der Waals surface area contributed by atoms with E-state index in [2.05, 4.69) is 20.9 Å². The van der Waals surface area contributed by atoms with Crippen molar-refractivity contribution >= 4 is 17.4 Å². The van der Waals surface area contributed by atoms with E-state index in [0.29, 0.717) is 0 Å². The molecule has 5 nitrogen and oxygen atoms in total. The molecule has 1 aliphatic carbocycles. The first-order chi connectivity index (χ1) is 16.3. The first-order valence-corrected chi connectivity index (χ1v) is 12.1. The minimum Gasteiger partial charge on any atom is -0.370 e. The van der Waals surface area contributed by atoms with Crippen LogP contribution in [0.3, 0.4) is 0 Å². The quantitative estimate of drug-likeness (QED) is 0.521. The third-order valence-corrected chi connectivity index (χ3v) is 6.82. The van der Waals surface area contributed by atoms with Crippen molar-refractivity contribution in [2.45, 2.75) is 69.8 Å². The van der Waals surface area contributed by atoms with Gasteiger partial charge in [0, 0.05) is 42.6 Å². The minimum absolute atomic E-state index is 0.0423. The molecule has 1 heterocycles. The predicted octanol–water partition coefficient (Wildman–Crippen LogP) is 5.71. The Balaban J connectivity index is 1.33. The minimum atomic E-state index is -4.32. The molecule has 0 spiro atoms. The Kier molecular flexibility index (Phi) is 7.66. The maximum Gasteiger partial charge on any atom is 0.416 e. The van der Waals surface area contributed by atoms with Crippen LogP contribution in [0.4, 0.5) is 29.3 Å². The van der Waals surface area contributed by atoms with Crippen molar-refractivity contribution in [3.8, 4) is 0 Å². The Morgan fingerprint density at radius 1 is 0.912 bits per heavy atom. The van der Waals surface area contributed by atoms with Crippen LogP contribution in [0.1, 0.15) is 49.7 Å². The molecule has 3 atom stereocenters. The van der Waals surface area contributed by atoms with E-state index in [1.54, 1.807) is 12.1 Å². The van der Waals surface area contributed by atoms with Gasteiger partial charge >= 0.3 is 12.2 Å². The van der Waals surface area contributed by atoms with Gasteiger partial charge in [0.15, 0.2) is 0 Å². The molecular weight excluding hydrogens is 441 g/mol. The number of hydrogen-bond acceptors (Lipinski definition) is 3. The van der Waals surface area contributed by atoms with Gasteiger partial charge in [-0.05, 0) is 69.0 Å². The normalized spacial score (nSPS) is 23.4. The first kappa shape index (κ1) is 24.4. The highest BCUT2D eigenvalue weighted by Crippen LogP contribution is 2.31. The zero-order valence-corrected chi connectivity index (χ0v) is 19.5. The summed E-state index contributed by atoms with van der Waals surface area (Å²) in [5.41, 5.74) is 2.10. The zero-order chi connectivity index (χ0) is 24.1. The van der Waals surface area contributed by atoms with Crippen molar-refractivity contribution < 1.29 is 18.0 Å². The number of benzene rings is 2. The van der Waals surface area contributed by atoms with Gasteiger partial charge in [0.1, 0.15) is 0 Å². The fourth-order valence-corrected chi connectivity index (χ4v) is 4.99. The fraction of sp³-hybridized carbons (Fsp3) is 0.500. The van der Waals surface area contributed by atoms with Gasteiger partial charge in [-0.15, -0.1) is 0 Å². The first-order valence-electron chi connectivity index (χ1n) is 12.1. The Morgan fingerprint density at radius 2 is 1.59 bits per heavy atom. The van der Waals surface area contributed by atoms with Gasteiger partial charge in [-0.1, -0.05) is 30.5 Å². The van der Waals surface area contributed by atoms with Crippen LogP contribution in [0, 0.1) is 6.92 Å². The molecule has 2 amide bonds. The molecule has 2 aromatic rings. The summed E-state index contributed by atoms with van der Waals surface area (Å²) in [4.78, 5) is 14.7. The van der Waals surface area contributed by atoms with E-state index in [0.717, 1.165) is 80.7 Å². The molecule has 1 aliphatic heterocycles. The molecule has 0 aromatic heterocycles. The lowest BCUT2D eigenvalue weighted by Gasteiger charge is -2.40. The second-order valence-corrected chi connectivity index (χ2v) is 9.46. The summed E-state index contributed by atoms with van der Waals surface area (Å²) in [6.07, 6.45) is 1.77. The molecule has 8 heteroatoms. The summed E-state index contributed by atoms with van der Waals surface area (Å²) >= 11 is 0. The second-order valence-electron chi connectivity index (χ2n) is 9.46. The SMILES string of the molecule is Cc1ccc(NC(=O)NC2CCCCC2NC2CCCN(c3ccc(C(F)(F)F)cc3)C2)cc1. The van der Waals surface area contributed by atoms with Crippen LogP contribution in [0.15, 0.2) is 48.5 Å². The van der Waals surface area contributed by atoms with Crippen LogP contribution >= 0.6 is 0 Å². The Bertz CT molecular complexity index is 946. The smallest absolute Gasteiger partial charge is 0.370 e. The molecule has 3 N–H and O–H groups in total. The zero-order valence-electron chi connectivity index (χ0n) is 19.5. The average Bonchev–Trinajstić information content (AvgIpc) is 2.82. The summed E-state index contributed by atoms with van der Waals surface area (Å²) in [6, 6.07) is 13.4. The van der Waals surface area contributed by atoms with E-state index in [-0.39, 0.29) is 24.2 Å². The lowest BCUT2D eigenvalue weighted by molar-refractivity contribution is -0.137. The molecule has 4 rings (SSSR count). The van der Waals surface area contributed by atoms with Gasteiger partial charge in [-0.25, -0.2) is 4.79 Å². The standard InChI is InChI=1S/C26H33F3N4O/c1-18-8-12-20(13-9-18)31-25(34)32-24-7-3-2-6-23(24)30-21-5-4-16-33(17-21)22-14-10-19(11-15-22)26(27,28)29/h8-15,21,23-24,30H,2-7,16-17H2,1H3,(H2,31,32,34). The number of urea groups is 1. The van der Waals surface area contributed by atoms with Crippen molar-refractivity contribution in [1.82, 2.24) is 10.6 Å². The van der Waals surface area contributed by atoms with E-state index in [1.807, 2.05) is 31.2 Å². The number of carbonyl (C=O) groups is 1. The molecule has 0 bridgehead atoms. The van der Waals surface area contributed by atoms with E-state index >= 15 is 0 Å². The van der Waals surface area contributed by atoms with Crippen LogP contribution in [0.25, 0.3) is 0 Å². The number of hydrogen-bond donors (Lipinski definition) is 3. The monoisotopic (exact) mass is 474 g/mol. The second kappa shape index (κ2) is 10.7. The molecule has 34 heavy (non-hydrogen) atoms. The number of rotatable bonds is 5. The highest BCUT2D eigenvalue weighted by molar-refractivity contribution is 5.89. The number of alkyl halides is 3. The Labute approximate surface area is 199 Å². The third-order valence-electron chi connectivity index (χ3n) is 6.82. The van der Waals surface area contributed by atoms with Crippen molar-refractivity contribution in [3.63, 3.8) is 0 Å². The lowest BCUT2D eigenvalue weighted by atomic mass is 9.89. The number of halogens is 3. The fourth-order valence-electron chi connectivity index (χ4n) is 4.99. The summed E-state index contributed by atoms with van der Waals surface area (Å²) < 4.78 is 38.7. The lowest BCUT2D eigenvalue weighted by Crippen LogP contribution is -2.57. The Morgan fingerprint density at radius 3 is 2.26 bits per heavy atom. The molecule has 1 saturated carbocycles. The van der Waals surface area contributed by atoms with Gasteiger partial charge in [-0.2, -0.15) is 13.2 Å². The van der Waals surface area contributed by atoms with Crippen LogP contribution in [-0.2, 0) is 6.18 Å². The van der Waals surface area contributed by atoms with Gasteiger partial charge in [0.2, 0.25) is 0 Å². The van der Waals surface area contributed by atoms with Gasteiger partial charge in [0.05, 0.1) is 5.56 Å². The van der Waals surface area contributed by atoms with Gasteiger partial charge < -0.3 is 20.9 Å². The highest BCUT2D eigenvalue weighted by Gasteiger charge is 2.32. The molecule has 2 aromatic carbocycles.